The Balaban J connectivity index is 2.36. The Morgan fingerprint density at radius 3 is 2.16 bits per heavy atom. The third kappa shape index (κ3) is 5.36. The van der Waals surface area contributed by atoms with Crippen molar-refractivity contribution in [2.75, 3.05) is 0 Å². The monoisotopic (exact) mass is 274 g/mol. The van der Waals surface area contributed by atoms with Gasteiger partial charge in [-0.1, -0.05) is 92.8 Å². The van der Waals surface area contributed by atoms with Gasteiger partial charge in [-0.25, -0.2) is 0 Å². The van der Waals surface area contributed by atoms with Crippen LogP contribution in [0.25, 0.3) is 0 Å². The molecule has 0 heterocycles. The third-order valence-corrected chi connectivity index (χ3v) is 8.01. The van der Waals surface area contributed by atoms with Crippen LogP contribution in [-0.2, 0) is 0 Å². The molecule has 0 N–H and O–H groups in total. The zero-order valence-electron chi connectivity index (χ0n) is 13.0. The molecule has 0 saturated heterocycles. The van der Waals surface area contributed by atoms with E-state index in [9.17, 15) is 0 Å². The van der Waals surface area contributed by atoms with Gasteiger partial charge in [0.05, 0.1) is 0 Å². The highest BCUT2D eigenvalue weighted by Gasteiger charge is 2.25. The summed E-state index contributed by atoms with van der Waals surface area (Å²) in [6.45, 7) is 11.5. The van der Waals surface area contributed by atoms with Crippen molar-refractivity contribution >= 4 is 13.3 Å². The van der Waals surface area contributed by atoms with Crippen LogP contribution in [0.1, 0.15) is 51.9 Å². The molecule has 0 saturated carbocycles. The summed E-state index contributed by atoms with van der Waals surface area (Å²) < 4.78 is 0. The highest BCUT2D eigenvalue weighted by atomic mass is 28.3. The van der Waals surface area contributed by atoms with Crippen molar-refractivity contribution in [3.63, 3.8) is 0 Å². The van der Waals surface area contributed by atoms with Crippen LogP contribution in [0.4, 0.5) is 0 Å². The first-order valence-electron chi connectivity index (χ1n) is 7.82. The van der Waals surface area contributed by atoms with Crippen LogP contribution < -0.4 is 5.19 Å². The molecular formula is C18H30Si. The lowest BCUT2D eigenvalue weighted by Crippen LogP contribution is -2.43. The van der Waals surface area contributed by atoms with E-state index in [1.54, 1.807) is 0 Å². The van der Waals surface area contributed by atoms with Crippen LogP contribution in [0.15, 0.2) is 42.1 Å². The molecule has 0 radical (unpaired) electrons. The van der Waals surface area contributed by atoms with Crippen LogP contribution >= 0.6 is 0 Å². The van der Waals surface area contributed by atoms with Gasteiger partial charge in [-0.05, 0) is 12.8 Å². The van der Waals surface area contributed by atoms with Gasteiger partial charge in [0.25, 0.3) is 0 Å². The second kappa shape index (κ2) is 8.37. The van der Waals surface area contributed by atoms with Crippen LogP contribution in [0.5, 0.6) is 0 Å². The summed E-state index contributed by atoms with van der Waals surface area (Å²) in [6.07, 6.45) is 9.45. The second-order valence-electron chi connectivity index (χ2n) is 6.11. The molecule has 1 aromatic carbocycles. The van der Waals surface area contributed by atoms with E-state index >= 15 is 0 Å². The van der Waals surface area contributed by atoms with Crippen molar-refractivity contribution in [3.8, 4) is 0 Å². The molecule has 0 spiro atoms. The summed E-state index contributed by atoms with van der Waals surface area (Å²) in [5.41, 5.74) is 0. The Hall–Kier alpha value is -0.823. The number of benzene rings is 1. The number of unbranched alkanes of at least 4 members (excludes halogenated alkanes) is 5. The predicted octanol–water partition coefficient (Wildman–Crippen LogP) is 5.45. The zero-order chi connectivity index (χ0) is 14.1. The molecule has 19 heavy (non-hydrogen) atoms. The summed E-state index contributed by atoms with van der Waals surface area (Å²) in [7, 11) is -1.45. The van der Waals surface area contributed by atoms with Crippen LogP contribution in [0.2, 0.25) is 13.1 Å². The largest absolute Gasteiger partial charge is 0.106 e. The van der Waals surface area contributed by atoms with Gasteiger partial charge in [0.1, 0.15) is 8.07 Å². The molecule has 0 aliphatic carbocycles. The Morgan fingerprint density at radius 1 is 0.947 bits per heavy atom. The molecule has 0 aliphatic heterocycles. The molecule has 0 fully saturated rings. The smallest absolute Gasteiger partial charge is 0.103 e. The summed E-state index contributed by atoms with van der Waals surface area (Å²) in [6, 6.07) is 11.0. The summed E-state index contributed by atoms with van der Waals surface area (Å²) in [5, 5.41) is 3.03. The fraction of sp³-hybridized carbons (Fsp3) is 0.556. The number of rotatable bonds is 9. The maximum Gasteiger partial charge on any atom is 0.106 e. The van der Waals surface area contributed by atoms with E-state index in [0.29, 0.717) is 0 Å². The molecule has 0 amide bonds. The summed E-state index contributed by atoms with van der Waals surface area (Å²) >= 11 is 0. The van der Waals surface area contributed by atoms with Gasteiger partial charge in [0.15, 0.2) is 0 Å². The molecule has 0 aromatic heterocycles. The lowest BCUT2D eigenvalue weighted by Gasteiger charge is -2.26. The standard InChI is InChI=1S/C18H30Si/c1-5-6-7-8-9-11-14-17(2)19(3,4)18-15-12-10-13-16-18/h10,12-13,15-16H,2,5-9,11,14H2,1,3-4H3. The topological polar surface area (TPSA) is 0 Å². The third-order valence-electron chi connectivity index (χ3n) is 4.21. The maximum atomic E-state index is 4.40. The zero-order valence-corrected chi connectivity index (χ0v) is 14.0. The molecule has 0 aliphatic rings. The Labute approximate surface area is 121 Å². The minimum atomic E-state index is -1.45. The van der Waals surface area contributed by atoms with Gasteiger partial charge in [0, 0.05) is 0 Å². The van der Waals surface area contributed by atoms with Gasteiger partial charge in [0.2, 0.25) is 0 Å². The molecule has 1 rings (SSSR count). The van der Waals surface area contributed by atoms with Gasteiger partial charge in [-0.2, -0.15) is 0 Å². The first kappa shape index (κ1) is 16.2. The normalized spacial score (nSPS) is 11.5. The van der Waals surface area contributed by atoms with Gasteiger partial charge < -0.3 is 0 Å². The van der Waals surface area contributed by atoms with E-state index in [1.165, 1.54) is 55.3 Å². The first-order valence-corrected chi connectivity index (χ1v) is 10.8. The fourth-order valence-electron chi connectivity index (χ4n) is 2.49. The molecule has 0 nitrogen and oxygen atoms in total. The minimum Gasteiger partial charge on any atom is -0.103 e. The van der Waals surface area contributed by atoms with E-state index in [2.05, 4.69) is 56.9 Å². The molecule has 1 heteroatoms. The highest BCUT2D eigenvalue weighted by Crippen LogP contribution is 2.20. The second-order valence-corrected chi connectivity index (χ2v) is 10.6. The molecule has 0 bridgehead atoms. The van der Waals surface area contributed by atoms with Gasteiger partial charge >= 0.3 is 0 Å². The predicted molar refractivity (Wildman–Crippen MR) is 90.7 cm³/mol. The molecule has 0 atom stereocenters. The van der Waals surface area contributed by atoms with E-state index < -0.39 is 8.07 Å². The van der Waals surface area contributed by atoms with Crippen molar-refractivity contribution in [2.24, 2.45) is 0 Å². The van der Waals surface area contributed by atoms with E-state index in [0.717, 1.165) is 0 Å². The van der Waals surface area contributed by atoms with Gasteiger partial charge in [-0.3, -0.25) is 0 Å². The van der Waals surface area contributed by atoms with Gasteiger partial charge in [-0.15, -0.1) is 6.58 Å². The SMILES string of the molecule is C=C(CCCCCCCC)[Si](C)(C)c1ccccc1. The van der Waals surface area contributed by atoms with Crippen molar-refractivity contribution in [1.82, 2.24) is 0 Å². The fourth-order valence-corrected chi connectivity index (χ4v) is 4.73. The molecule has 0 unspecified atom stereocenters. The lowest BCUT2D eigenvalue weighted by atomic mass is 10.1. The van der Waals surface area contributed by atoms with Crippen molar-refractivity contribution in [3.05, 3.63) is 42.1 Å². The number of allylic oxidation sites excluding steroid dienone is 1. The average Bonchev–Trinajstić information content (AvgIpc) is 2.43. The molecule has 1 aromatic rings. The van der Waals surface area contributed by atoms with Crippen molar-refractivity contribution in [2.45, 2.75) is 65.0 Å². The van der Waals surface area contributed by atoms with Crippen LogP contribution in [0.3, 0.4) is 0 Å². The van der Waals surface area contributed by atoms with Crippen molar-refractivity contribution in [1.29, 1.82) is 0 Å². The quantitative estimate of drug-likeness (QED) is 0.415. The first-order chi connectivity index (χ1) is 9.09. The highest BCUT2D eigenvalue weighted by molar-refractivity contribution is 6.95. The summed E-state index contributed by atoms with van der Waals surface area (Å²) in [4.78, 5) is 0. The average molecular weight is 275 g/mol. The number of hydrogen-bond acceptors (Lipinski definition) is 0. The lowest BCUT2D eigenvalue weighted by molar-refractivity contribution is 0.609. The molecular weight excluding hydrogens is 244 g/mol. The van der Waals surface area contributed by atoms with E-state index in [-0.39, 0.29) is 0 Å². The Kier molecular flexibility index (Phi) is 7.15. The van der Waals surface area contributed by atoms with E-state index in [1.807, 2.05) is 0 Å². The summed E-state index contributed by atoms with van der Waals surface area (Å²) in [5.74, 6) is 0. The number of hydrogen-bond donors (Lipinski definition) is 0. The Morgan fingerprint density at radius 2 is 1.53 bits per heavy atom. The minimum absolute atomic E-state index is 1.22. The Bertz CT molecular complexity index is 365. The molecule has 106 valence electrons. The van der Waals surface area contributed by atoms with Crippen LogP contribution in [-0.4, -0.2) is 8.07 Å². The van der Waals surface area contributed by atoms with E-state index in [4.69, 9.17) is 0 Å². The maximum absolute atomic E-state index is 4.40. The van der Waals surface area contributed by atoms with Crippen LogP contribution in [0, 0.1) is 0 Å². The van der Waals surface area contributed by atoms with Crippen molar-refractivity contribution < 1.29 is 0 Å².